The Bertz CT molecular complexity index is 608. The summed E-state index contributed by atoms with van der Waals surface area (Å²) in [5, 5.41) is 0. The molecule has 0 aliphatic carbocycles. The number of aryl methyl sites for hydroxylation is 1. The van der Waals surface area contributed by atoms with E-state index in [9.17, 15) is 0 Å². The van der Waals surface area contributed by atoms with E-state index in [0.717, 1.165) is 23.5 Å². The predicted molar refractivity (Wildman–Crippen MR) is 61.4 cm³/mol. The molecule has 0 amide bonds. The summed E-state index contributed by atoms with van der Waals surface area (Å²) >= 11 is 0. The lowest BCUT2D eigenvalue weighted by Gasteiger charge is -2.00. The van der Waals surface area contributed by atoms with Gasteiger partial charge in [-0.3, -0.25) is 0 Å². The summed E-state index contributed by atoms with van der Waals surface area (Å²) in [4.78, 5) is 4.43. The quantitative estimate of drug-likeness (QED) is 0.654. The molecule has 0 aromatic carbocycles. The van der Waals surface area contributed by atoms with E-state index in [-0.39, 0.29) is 0 Å². The van der Waals surface area contributed by atoms with Gasteiger partial charge in [-0.15, -0.1) is 0 Å². The number of nitrogens with zero attached hydrogens (tertiary/aromatic N) is 2. The fourth-order valence-electron chi connectivity index (χ4n) is 1.92. The van der Waals surface area contributed by atoms with Gasteiger partial charge in [0.05, 0.1) is 24.4 Å². The van der Waals surface area contributed by atoms with Gasteiger partial charge in [-0.2, -0.15) is 0 Å². The van der Waals surface area contributed by atoms with E-state index in [1.807, 2.05) is 30.6 Å². The number of imidazole rings is 1. The van der Waals surface area contributed by atoms with Crippen molar-refractivity contribution in [1.82, 2.24) is 9.38 Å². The summed E-state index contributed by atoms with van der Waals surface area (Å²) in [5.41, 5.74) is 2.39. The first-order chi connectivity index (χ1) is 7.84. The first-order valence-electron chi connectivity index (χ1n) is 5.28. The normalized spacial score (nSPS) is 11.1. The van der Waals surface area contributed by atoms with Gasteiger partial charge < -0.3 is 8.82 Å². The lowest BCUT2D eigenvalue weighted by atomic mass is 10.2. The third-order valence-corrected chi connectivity index (χ3v) is 2.77. The molecular formula is C13H12N2O. The average molecular weight is 212 g/mol. The third-order valence-electron chi connectivity index (χ3n) is 2.77. The van der Waals surface area contributed by atoms with Crippen molar-refractivity contribution in [2.75, 3.05) is 0 Å². The van der Waals surface area contributed by atoms with Crippen LogP contribution in [0.2, 0.25) is 0 Å². The minimum Gasteiger partial charge on any atom is -0.469 e. The van der Waals surface area contributed by atoms with Gasteiger partial charge in [-0.25, -0.2) is 4.98 Å². The van der Waals surface area contributed by atoms with Gasteiger partial charge >= 0.3 is 0 Å². The second-order valence-corrected chi connectivity index (χ2v) is 3.88. The van der Waals surface area contributed by atoms with Gasteiger partial charge in [0, 0.05) is 6.20 Å². The molecule has 3 nitrogen and oxygen atoms in total. The maximum absolute atomic E-state index is 5.33. The first-order valence-corrected chi connectivity index (χ1v) is 5.28. The molecule has 0 unspecified atom stereocenters. The minimum atomic E-state index is 0.727. The second-order valence-electron chi connectivity index (χ2n) is 3.88. The van der Waals surface area contributed by atoms with Gasteiger partial charge in [0.25, 0.3) is 0 Å². The Balaban J connectivity index is 2.08. The molecule has 0 fully saturated rings. The Hall–Kier alpha value is -2.03. The van der Waals surface area contributed by atoms with Crippen LogP contribution in [0.4, 0.5) is 0 Å². The van der Waals surface area contributed by atoms with Crippen LogP contribution in [-0.2, 0) is 6.42 Å². The van der Waals surface area contributed by atoms with E-state index in [1.54, 1.807) is 6.26 Å². The van der Waals surface area contributed by atoms with Gasteiger partial charge in [0.2, 0.25) is 0 Å². The summed E-state index contributed by atoms with van der Waals surface area (Å²) < 4.78 is 7.44. The molecule has 0 radical (unpaired) electrons. The number of hydrogen-bond acceptors (Lipinski definition) is 2. The van der Waals surface area contributed by atoms with Gasteiger partial charge in [0.1, 0.15) is 11.6 Å². The predicted octanol–water partition coefficient (Wildman–Crippen LogP) is 2.83. The van der Waals surface area contributed by atoms with Crippen LogP contribution in [0.25, 0.3) is 5.52 Å². The van der Waals surface area contributed by atoms with Crippen LogP contribution in [0.5, 0.6) is 0 Å². The molecule has 0 saturated heterocycles. The number of hydrogen-bond donors (Lipinski definition) is 0. The molecule has 0 saturated carbocycles. The zero-order valence-electron chi connectivity index (χ0n) is 9.05. The number of pyridine rings is 1. The monoisotopic (exact) mass is 212 g/mol. The maximum atomic E-state index is 5.33. The number of fused-ring (bicyclic) bond motifs is 1. The molecule has 0 aliphatic rings. The Labute approximate surface area is 93.4 Å². The minimum absolute atomic E-state index is 0.727. The van der Waals surface area contributed by atoms with E-state index in [4.69, 9.17) is 4.42 Å². The first kappa shape index (κ1) is 9.21. The molecule has 0 N–H and O–H groups in total. The van der Waals surface area contributed by atoms with E-state index >= 15 is 0 Å². The fourth-order valence-corrected chi connectivity index (χ4v) is 1.92. The Kier molecular flexibility index (Phi) is 2.03. The average Bonchev–Trinajstić information content (AvgIpc) is 2.90. The Morgan fingerprint density at radius 2 is 2.25 bits per heavy atom. The molecule has 3 heteroatoms. The van der Waals surface area contributed by atoms with E-state index in [0.29, 0.717) is 0 Å². The molecular weight excluding hydrogens is 200 g/mol. The highest BCUT2D eigenvalue weighted by molar-refractivity contribution is 5.53. The highest BCUT2D eigenvalue weighted by atomic mass is 16.3. The van der Waals surface area contributed by atoms with Crippen molar-refractivity contribution in [3.63, 3.8) is 0 Å². The van der Waals surface area contributed by atoms with Crippen molar-refractivity contribution >= 4 is 5.52 Å². The molecule has 0 atom stereocenters. The van der Waals surface area contributed by atoms with Crippen LogP contribution in [0, 0.1) is 6.92 Å². The van der Waals surface area contributed by atoms with Crippen LogP contribution in [0.3, 0.4) is 0 Å². The van der Waals surface area contributed by atoms with Crippen molar-refractivity contribution in [3.05, 3.63) is 60.1 Å². The van der Waals surface area contributed by atoms with Crippen LogP contribution in [0.1, 0.15) is 17.1 Å². The summed E-state index contributed by atoms with van der Waals surface area (Å²) in [6, 6.07) is 8.00. The molecule has 16 heavy (non-hydrogen) atoms. The zero-order valence-corrected chi connectivity index (χ0v) is 9.05. The van der Waals surface area contributed by atoms with E-state index in [2.05, 4.69) is 22.4 Å². The molecule has 0 bridgehead atoms. The summed E-state index contributed by atoms with van der Waals surface area (Å²) in [5.74, 6) is 1.95. The largest absolute Gasteiger partial charge is 0.469 e. The second kappa shape index (κ2) is 3.52. The Morgan fingerprint density at radius 3 is 3.06 bits per heavy atom. The number of aromatic nitrogens is 2. The molecule has 3 aromatic heterocycles. The van der Waals surface area contributed by atoms with E-state index in [1.165, 1.54) is 5.56 Å². The number of rotatable bonds is 2. The topological polar surface area (TPSA) is 30.4 Å². The smallest absolute Gasteiger partial charge is 0.120 e. The highest BCUT2D eigenvalue weighted by Gasteiger charge is 2.06. The van der Waals surface area contributed by atoms with Crippen LogP contribution in [0.15, 0.2) is 47.3 Å². The molecule has 3 aromatic rings. The van der Waals surface area contributed by atoms with Crippen molar-refractivity contribution in [3.8, 4) is 0 Å². The molecule has 3 heterocycles. The summed E-state index contributed by atoms with van der Waals surface area (Å²) in [7, 11) is 0. The molecule has 0 spiro atoms. The molecule has 80 valence electrons. The van der Waals surface area contributed by atoms with Crippen molar-refractivity contribution in [2.45, 2.75) is 13.3 Å². The molecule has 3 rings (SSSR count). The molecule has 0 aliphatic heterocycles. The van der Waals surface area contributed by atoms with Crippen molar-refractivity contribution < 1.29 is 4.42 Å². The fraction of sp³-hybridized carbons (Fsp3) is 0.154. The van der Waals surface area contributed by atoms with Crippen LogP contribution in [-0.4, -0.2) is 9.38 Å². The standard InChI is InChI=1S/C13H12N2O/c1-10-4-2-6-15-12(10)9-14-13(15)8-11-5-3-7-16-11/h2-7,9H,8H2,1H3. The zero-order chi connectivity index (χ0) is 11.0. The maximum Gasteiger partial charge on any atom is 0.120 e. The number of furan rings is 1. The Morgan fingerprint density at radius 1 is 1.31 bits per heavy atom. The lowest BCUT2D eigenvalue weighted by molar-refractivity contribution is 0.516. The van der Waals surface area contributed by atoms with Gasteiger partial charge in [-0.05, 0) is 30.7 Å². The SMILES string of the molecule is Cc1cccn2c(Cc3ccco3)ncc12. The van der Waals surface area contributed by atoms with Crippen LogP contribution < -0.4 is 0 Å². The van der Waals surface area contributed by atoms with Gasteiger partial charge in [-0.1, -0.05) is 6.07 Å². The van der Waals surface area contributed by atoms with Crippen molar-refractivity contribution in [2.24, 2.45) is 0 Å². The van der Waals surface area contributed by atoms with Crippen LogP contribution >= 0.6 is 0 Å². The third kappa shape index (κ3) is 1.41. The summed E-state index contributed by atoms with van der Waals surface area (Å²) in [6.07, 6.45) is 6.36. The highest BCUT2D eigenvalue weighted by Crippen LogP contribution is 2.14. The van der Waals surface area contributed by atoms with Gasteiger partial charge in [0.15, 0.2) is 0 Å². The van der Waals surface area contributed by atoms with Crippen molar-refractivity contribution in [1.29, 1.82) is 0 Å². The summed E-state index contributed by atoms with van der Waals surface area (Å²) in [6.45, 7) is 2.09. The lowest BCUT2D eigenvalue weighted by Crippen LogP contribution is -1.95. The van der Waals surface area contributed by atoms with E-state index < -0.39 is 0 Å².